The highest BCUT2D eigenvalue weighted by atomic mass is 16.5. The van der Waals surface area contributed by atoms with Gasteiger partial charge in [-0.1, -0.05) is 18.6 Å². The maximum atomic E-state index is 5.29. The van der Waals surface area contributed by atoms with Crippen molar-refractivity contribution in [1.82, 2.24) is 4.90 Å². The maximum absolute atomic E-state index is 5.29. The van der Waals surface area contributed by atoms with E-state index in [0.717, 1.165) is 5.75 Å². The van der Waals surface area contributed by atoms with Crippen LogP contribution in [-0.4, -0.2) is 31.6 Å². The SMILES string of the molecule is COc1ccc(CCCN2CCCCC2)cc1C. The van der Waals surface area contributed by atoms with Crippen molar-refractivity contribution in [3.63, 3.8) is 0 Å². The number of methoxy groups -OCH3 is 1. The van der Waals surface area contributed by atoms with Crippen LogP contribution in [0.15, 0.2) is 18.2 Å². The van der Waals surface area contributed by atoms with Gasteiger partial charge in [-0.2, -0.15) is 0 Å². The zero-order valence-corrected chi connectivity index (χ0v) is 11.7. The molecule has 0 bridgehead atoms. The van der Waals surface area contributed by atoms with E-state index in [1.165, 1.54) is 62.9 Å². The Morgan fingerprint density at radius 2 is 1.94 bits per heavy atom. The summed E-state index contributed by atoms with van der Waals surface area (Å²) in [5.74, 6) is 0.995. The Morgan fingerprint density at radius 3 is 2.61 bits per heavy atom. The van der Waals surface area contributed by atoms with E-state index in [2.05, 4.69) is 30.0 Å². The maximum Gasteiger partial charge on any atom is 0.121 e. The first-order chi connectivity index (χ1) is 8.79. The van der Waals surface area contributed by atoms with Crippen molar-refractivity contribution in [2.45, 2.75) is 39.0 Å². The average molecular weight is 247 g/mol. The molecule has 0 atom stereocenters. The van der Waals surface area contributed by atoms with Gasteiger partial charge < -0.3 is 9.64 Å². The first-order valence-electron chi connectivity index (χ1n) is 7.15. The fraction of sp³-hybridized carbons (Fsp3) is 0.625. The van der Waals surface area contributed by atoms with Gasteiger partial charge in [0.1, 0.15) is 5.75 Å². The molecule has 1 aromatic carbocycles. The third kappa shape index (κ3) is 3.74. The van der Waals surface area contributed by atoms with Gasteiger partial charge in [0.05, 0.1) is 7.11 Å². The summed E-state index contributed by atoms with van der Waals surface area (Å²) < 4.78 is 5.29. The molecule has 0 aromatic heterocycles. The fourth-order valence-corrected chi connectivity index (χ4v) is 2.79. The van der Waals surface area contributed by atoms with Crippen LogP contribution in [0.3, 0.4) is 0 Å². The first-order valence-corrected chi connectivity index (χ1v) is 7.15. The quantitative estimate of drug-likeness (QED) is 0.790. The van der Waals surface area contributed by atoms with Crippen LogP contribution in [0.2, 0.25) is 0 Å². The molecule has 0 amide bonds. The normalized spacial score (nSPS) is 16.8. The largest absolute Gasteiger partial charge is 0.496 e. The summed E-state index contributed by atoms with van der Waals surface area (Å²) in [6, 6.07) is 6.54. The van der Waals surface area contributed by atoms with Crippen LogP contribution in [0.1, 0.15) is 36.8 Å². The number of likely N-dealkylation sites (tertiary alicyclic amines) is 1. The zero-order chi connectivity index (χ0) is 12.8. The second-order valence-electron chi connectivity index (χ2n) is 5.31. The molecule has 0 N–H and O–H groups in total. The zero-order valence-electron chi connectivity index (χ0n) is 11.7. The highest BCUT2D eigenvalue weighted by Gasteiger charge is 2.09. The van der Waals surface area contributed by atoms with Gasteiger partial charge in [-0.05, 0) is 69.4 Å². The molecule has 2 heteroatoms. The van der Waals surface area contributed by atoms with Crippen LogP contribution in [0.4, 0.5) is 0 Å². The summed E-state index contributed by atoms with van der Waals surface area (Å²) in [5, 5.41) is 0. The van der Waals surface area contributed by atoms with Crippen LogP contribution in [0, 0.1) is 6.92 Å². The molecule has 100 valence electrons. The summed E-state index contributed by atoms with van der Waals surface area (Å²) in [6.45, 7) is 5.99. The number of ether oxygens (including phenoxy) is 1. The molecule has 18 heavy (non-hydrogen) atoms. The summed E-state index contributed by atoms with van der Waals surface area (Å²) in [5.41, 5.74) is 2.68. The van der Waals surface area contributed by atoms with Crippen molar-refractivity contribution in [2.75, 3.05) is 26.7 Å². The van der Waals surface area contributed by atoms with E-state index in [0.29, 0.717) is 0 Å². The second kappa shape index (κ2) is 6.79. The number of hydrogen-bond acceptors (Lipinski definition) is 2. The van der Waals surface area contributed by atoms with Gasteiger partial charge in [0.2, 0.25) is 0 Å². The third-order valence-corrected chi connectivity index (χ3v) is 3.85. The number of piperidine rings is 1. The molecule has 1 aromatic rings. The number of hydrogen-bond donors (Lipinski definition) is 0. The van der Waals surface area contributed by atoms with Crippen LogP contribution < -0.4 is 4.74 Å². The number of aryl methyl sites for hydroxylation is 2. The van der Waals surface area contributed by atoms with E-state index >= 15 is 0 Å². The van der Waals surface area contributed by atoms with Crippen LogP contribution >= 0.6 is 0 Å². The Balaban J connectivity index is 1.77. The average Bonchev–Trinajstić information content (AvgIpc) is 2.40. The van der Waals surface area contributed by atoms with Gasteiger partial charge >= 0.3 is 0 Å². The Labute approximate surface area is 111 Å². The Kier molecular flexibility index (Phi) is 5.06. The van der Waals surface area contributed by atoms with Gasteiger partial charge in [0, 0.05) is 0 Å². The predicted molar refractivity (Wildman–Crippen MR) is 76.3 cm³/mol. The van der Waals surface area contributed by atoms with E-state index in [9.17, 15) is 0 Å². The summed E-state index contributed by atoms with van der Waals surface area (Å²) in [4.78, 5) is 2.61. The van der Waals surface area contributed by atoms with E-state index in [4.69, 9.17) is 4.74 Å². The van der Waals surface area contributed by atoms with Gasteiger partial charge in [-0.25, -0.2) is 0 Å². The Morgan fingerprint density at radius 1 is 1.17 bits per heavy atom. The molecular weight excluding hydrogens is 222 g/mol. The highest BCUT2D eigenvalue weighted by Crippen LogP contribution is 2.19. The molecule has 0 radical (unpaired) electrons. The molecule has 0 spiro atoms. The van der Waals surface area contributed by atoms with Crippen molar-refractivity contribution in [2.24, 2.45) is 0 Å². The number of rotatable bonds is 5. The molecule has 2 nitrogen and oxygen atoms in total. The van der Waals surface area contributed by atoms with Gasteiger partial charge in [0.25, 0.3) is 0 Å². The lowest BCUT2D eigenvalue weighted by atomic mass is 10.1. The van der Waals surface area contributed by atoms with Gasteiger partial charge in [-0.15, -0.1) is 0 Å². The van der Waals surface area contributed by atoms with Gasteiger partial charge in [-0.3, -0.25) is 0 Å². The van der Waals surface area contributed by atoms with Gasteiger partial charge in [0.15, 0.2) is 0 Å². The minimum Gasteiger partial charge on any atom is -0.496 e. The highest BCUT2D eigenvalue weighted by molar-refractivity contribution is 5.36. The Hall–Kier alpha value is -1.02. The van der Waals surface area contributed by atoms with Crippen molar-refractivity contribution in [3.8, 4) is 5.75 Å². The topological polar surface area (TPSA) is 12.5 Å². The van der Waals surface area contributed by atoms with Crippen LogP contribution in [0.25, 0.3) is 0 Å². The fourth-order valence-electron chi connectivity index (χ4n) is 2.79. The van der Waals surface area contributed by atoms with E-state index in [1.807, 2.05) is 0 Å². The van der Waals surface area contributed by atoms with Crippen molar-refractivity contribution in [1.29, 1.82) is 0 Å². The standard InChI is InChI=1S/C16H25NO/c1-14-13-15(8-9-16(14)18-2)7-6-12-17-10-4-3-5-11-17/h8-9,13H,3-7,10-12H2,1-2H3. The molecular formula is C16H25NO. The molecule has 1 fully saturated rings. The summed E-state index contributed by atoms with van der Waals surface area (Å²) >= 11 is 0. The van der Waals surface area contributed by atoms with Crippen molar-refractivity contribution < 1.29 is 4.74 Å². The molecule has 1 aliphatic heterocycles. The predicted octanol–water partition coefficient (Wildman–Crippen LogP) is 3.42. The van der Waals surface area contributed by atoms with Crippen LogP contribution in [0.5, 0.6) is 5.75 Å². The molecule has 2 rings (SSSR count). The van der Waals surface area contributed by atoms with E-state index < -0.39 is 0 Å². The summed E-state index contributed by atoms with van der Waals surface area (Å²) in [6.07, 6.45) is 6.66. The lowest BCUT2D eigenvalue weighted by molar-refractivity contribution is 0.226. The third-order valence-electron chi connectivity index (χ3n) is 3.85. The molecule has 1 aliphatic rings. The second-order valence-corrected chi connectivity index (χ2v) is 5.31. The minimum atomic E-state index is 0.995. The van der Waals surface area contributed by atoms with E-state index in [-0.39, 0.29) is 0 Å². The monoisotopic (exact) mass is 247 g/mol. The lowest BCUT2D eigenvalue weighted by Gasteiger charge is -2.26. The molecule has 1 saturated heterocycles. The van der Waals surface area contributed by atoms with Crippen molar-refractivity contribution >= 4 is 0 Å². The minimum absolute atomic E-state index is 0.995. The molecule has 0 aliphatic carbocycles. The molecule has 1 heterocycles. The van der Waals surface area contributed by atoms with Crippen molar-refractivity contribution in [3.05, 3.63) is 29.3 Å². The first kappa shape index (κ1) is 13.4. The van der Waals surface area contributed by atoms with Crippen LogP contribution in [-0.2, 0) is 6.42 Å². The lowest BCUT2D eigenvalue weighted by Crippen LogP contribution is -2.30. The smallest absolute Gasteiger partial charge is 0.121 e. The van der Waals surface area contributed by atoms with E-state index in [1.54, 1.807) is 7.11 Å². The number of nitrogens with zero attached hydrogens (tertiary/aromatic N) is 1. The number of benzene rings is 1. The molecule has 0 saturated carbocycles. The molecule has 0 unspecified atom stereocenters. The Bertz CT molecular complexity index is 369. The summed E-state index contributed by atoms with van der Waals surface area (Å²) in [7, 11) is 1.73.